The fourth-order valence-corrected chi connectivity index (χ4v) is 2.21. The third-order valence-electron chi connectivity index (χ3n) is 3.29. The van der Waals surface area contributed by atoms with E-state index in [1.165, 1.54) is 6.07 Å². The van der Waals surface area contributed by atoms with Gasteiger partial charge in [0, 0.05) is 12.1 Å². The zero-order valence-electron chi connectivity index (χ0n) is 10.0. The van der Waals surface area contributed by atoms with E-state index >= 15 is 0 Å². The summed E-state index contributed by atoms with van der Waals surface area (Å²) in [5, 5.41) is 8.88. The van der Waals surface area contributed by atoms with E-state index in [9.17, 15) is 9.18 Å². The van der Waals surface area contributed by atoms with Crippen molar-refractivity contribution >= 4 is 18.4 Å². The quantitative estimate of drug-likeness (QED) is 0.920. The zero-order chi connectivity index (χ0) is 12.3. The first-order valence-corrected chi connectivity index (χ1v) is 5.85. The lowest BCUT2D eigenvalue weighted by Crippen LogP contribution is -2.36. The third-order valence-corrected chi connectivity index (χ3v) is 3.29. The lowest BCUT2D eigenvalue weighted by atomic mass is 9.97. The molecule has 18 heavy (non-hydrogen) atoms. The van der Waals surface area contributed by atoms with Crippen molar-refractivity contribution in [2.24, 2.45) is 5.92 Å². The Bertz CT molecular complexity index is 406. The number of nitrogens with zero attached hydrogens (tertiary/aromatic N) is 1. The number of hydrogen-bond acceptors (Lipinski definition) is 2. The Labute approximate surface area is 112 Å². The van der Waals surface area contributed by atoms with Crippen LogP contribution in [-0.2, 0) is 11.3 Å². The molecule has 1 aromatic carbocycles. The molecule has 1 aliphatic rings. The minimum absolute atomic E-state index is 0. The highest BCUT2D eigenvalue weighted by Crippen LogP contribution is 2.19. The maximum Gasteiger partial charge on any atom is 0.306 e. The number of likely N-dealkylation sites (tertiary alicyclic amines) is 1. The van der Waals surface area contributed by atoms with Gasteiger partial charge in [-0.25, -0.2) is 4.39 Å². The van der Waals surface area contributed by atoms with Gasteiger partial charge in [0.05, 0.1) is 5.92 Å². The van der Waals surface area contributed by atoms with Crippen molar-refractivity contribution in [3.8, 4) is 0 Å². The van der Waals surface area contributed by atoms with Gasteiger partial charge in [0.15, 0.2) is 0 Å². The van der Waals surface area contributed by atoms with Gasteiger partial charge in [0.2, 0.25) is 0 Å². The highest BCUT2D eigenvalue weighted by Gasteiger charge is 2.24. The molecule has 1 aromatic rings. The molecule has 2 rings (SSSR count). The fourth-order valence-electron chi connectivity index (χ4n) is 2.21. The number of aliphatic carboxylic acids is 1. The van der Waals surface area contributed by atoms with Gasteiger partial charge >= 0.3 is 5.97 Å². The molecule has 0 bridgehead atoms. The van der Waals surface area contributed by atoms with Gasteiger partial charge in [-0.05, 0) is 32.0 Å². The van der Waals surface area contributed by atoms with Crippen LogP contribution in [0.5, 0.6) is 0 Å². The van der Waals surface area contributed by atoms with Gasteiger partial charge in [-0.1, -0.05) is 18.2 Å². The smallest absolute Gasteiger partial charge is 0.306 e. The van der Waals surface area contributed by atoms with Gasteiger partial charge in [0.1, 0.15) is 5.82 Å². The van der Waals surface area contributed by atoms with E-state index in [2.05, 4.69) is 4.90 Å². The molecule has 100 valence electrons. The molecule has 0 spiro atoms. The molecule has 1 aliphatic heterocycles. The topological polar surface area (TPSA) is 40.5 Å². The molecule has 3 nitrogen and oxygen atoms in total. The molecule has 0 atom stereocenters. The predicted octanol–water partition coefficient (Wildman–Crippen LogP) is 2.54. The molecule has 0 aromatic heterocycles. The lowest BCUT2D eigenvalue weighted by Gasteiger charge is -2.30. The number of carbonyl (C=O) groups is 1. The van der Waals surface area contributed by atoms with Crippen molar-refractivity contribution in [2.75, 3.05) is 13.1 Å². The van der Waals surface area contributed by atoms with Crippen LogP contribution in [-0.4, -0.2) is 29.1 Å². The number of piperidine rings is 1. The lowest BCUT2D eigenvalue weighted by molar-refractivity contribution is -0.143. The van der Waals surface area contributed by atoms with E-state index in [0.29, 0.717) is 24.9 Å². The summed E-state index contributed by atoms with van der Waals surface area (Å²) in [5.74, 6) is -1.13. The highest BCUT2D eigenvalue weighted by molar-refractivity contribution is 5.85. The Morgan fingerprint density at radius 2 is 1.94 bits per heavy atom. The average Bonchev–Trinajstić information content (AvgIpc) is 2.33. The maximum atomic E-state index is 13.4. The van der Waals surface area contributed by atoms with Gasteiger partial charge in [-0.3, -0.25) is 9.69 Å². The van der Waals surface area contributed by atoms with Crippen LogP contribution in [0.2, 0.25) is 0 Å². The number of carboxylic acid groups (broad SMARTS) is 1. The van der Waals surface area contributed by atoms with Crippen LogP contribution < -0.4 is 0 Å². The predicted molar refractivity (Wildman–Crippen MR) is 69.3 cm³/mol. The summed E-state index contributed by atoms with van der Waals surface area (Å²) in [6, 6.07) is 6.73. The molecule has 1 N–H and O–H groups in total. The Hall–Kier alpha value is -1.13. The minimum Gasteiger partial charge on any atom is -0.481 e. The molecule has 0 aliphatic carbocycles. The molecular formula is C13H17ClFNO2. The van der Waals surface area contributed by atoms with E-state index in [1.807, 2.05) is 6.07 Å². The largest absolute Gasteiger partial charge is 0.481 e. The summed E-state index contributed by atoms with van der Waals surface area (Å²) >= 11 is 0. The minimum atomic E-state index is -0.712. The van der Waals surface area contributed by atoms with Gasteiger partial charge in [0.25, 0.3) is 0 Å². The van der Waals surface area contributed by atoms with Crippen molar-refractivity contribution in [3.05, 3.63) is 35.6 Å². The van der Waals surface area contributed by atoms with Crippen LogP contribution >= 0.6 is 12.4 Å². The molecule has 1 fully saturated rings. The Kier molecular flexibility index (Phi) is 5.56. The van der Waals surface area contributed by atoms with E-state index in [1.54, 1.807) is 12.1 Å². The van der Waals surface area contributed by atoms with Crippen molar-refractivity contribution in [3.63, 3.8) is 0 Å². The highest BCUT2D eigenvalue weighted by atomic mass is 35.5. The van der Waals surface area contributed by atoms with Gasteiger partial charge in [-0.2, -0.15) is 0 Å². The average molecular weight is 274 g/mol. The molecule has 1 saturated heterocycles. The molecule has 0 amide bonds. The second-order valence-electron chi connectivity index (χ2n) is 4.48. The number of hydrogen-bond donors (Lipinski definition) is 1. The summed E-state index contributed by atoms with van der Waals surface area (Å²) in [6.07, 6.45) is 1.31. The summed E-state index contributed by atoms with van der Waals surface area (Å²) in [6.45, 7) is 2.02. The normalized spacial score (nSPS) is 17.2. The van der Waals surface area contributed by atoms with Crippen LogP contribution in [0.1, 0.15) is 18.4 Å². The molecular weight excluding hydrogens is 257 g/mol. The molecule has 0 radical (unpaired) electrons. The van der Waals surface area contributed by atoms with E-state index in [0.717, 1.165) is 13.1 Å². The summed E-state index contributed by atoms with van der Waals surface area (Å²) in [4.78, 5) is 12.9. The maximum absolute atomic E-state index is 13.4. The molecule has 1 heterocycles. The Morgan fingerprint density at radius 1 is 1.33 bits per heavy atom. The van der Waals surface area contributed by atoms with Crippen molar-refractivity contribution < 1.29 is 14.3 Å². The first-order valence-electron chi connectivity index (χ1n) is 5.85. The van der Waals surface area contributed by atoms with Crippen LogP contribution in [0.4, 0.5) is 4.39 Å². The van der Waals surface area contributed by atoms with Crippen molar-refractivity contribution in [1.29, 1.82) is 0 Å². The molecule has 0 unspecified atom stereocenters. The third kappa shape index (κ3) is 3.68. The number of halogens is 2. The van der Waals surface area contributed by atoms with Gasteiger partial charge < -0.3 is 5.11 Å². The van der Waals surface area contributed by atoms with E-state index in [4.69, 9.17) is 5.11 Å². The Morgan fingerprint density at radius 3 is 2.50 bits per heavy atom. The zero-order valence-corrected chi connectivity index (χ0v) is 10.8. The number of rotatable bonds is 3. The summed E-state index contributed by atoms with van der Waals surface area (Å²) < 4.78 is 13.4. The molecule has 5 heteroatoms. The van der Waals surface area contributed by atoms with Gasteiger partial charge in [-0.15, -0.1) is 12.4 Å². The standard InChI is InChI=1S/C13H16FNO2.ClH/c14-12-4-2-1-3-11(12)9-15-7-5-10(6-8-15)13(16)17;/h1-4,10H,5-9H2,(H,16,17);1H. The van der Waals surface area contributed by atoms with Crippen LogP contribution in [0, 0.1) is 11.7 Å². The summed E-state index contributed by atoms with van der Waals surface area (Å²) in [7, 11) is 0. The number of benzene rings is 1. The summed E-state index contributed by atoms with van der Waals surface area (Å²) in [5.41, 5.74) is 0.682. The molecule has 0 saturated carbocycles. The number of carboxylic acids is 1. The first kappa shape index (κ1) is 14.9. The second-order valence-corrected chi connectivity index (χ2v) is 4.48. The van der Waals surface area contributed by atoms with E-state index < -0.39 is 5.97 Å². The van der Waals surface area contributed by atoms with Crippen LogP contribution in [0.3, 0.4) is 0 Å². The second kappa shape index (κ2) is 6.71. The van der Waals surface area contributed by atoms with Crippen molar-refractivity contribution in [1.82, 2.24) is 4.90 Å². The Balaban J connectivity index is 0.00000162. The van der Waals surface area contributed by atoms with Crippen LogP contribution in [0.25, 0.3) is 0 Å². The van der Waals surface area contributed by atoms with E-state index in [-0.39, 0.29) is 24.1 Å². The van der Waals surface area contributed by atoms with Crippen LogP contribution in [0.15, 0.2) is 24.3 Å². The first-order chi connectivity index (χ1) is 8.16. The fraction of sp³-hybridized carbons (Fsp3) is 0.462. The monoisotopic (exact) mass is 273 g/mol. The van der Waals surface area contributed by atoms with Crippen molar-refractivity contribution in [2.45, 2.75) is 19.4 Å². The SMILES string of the molecule is Cl.O=C(O)C1CCN(Cc2ccccc2F)CC1.